The summed E-state index contributed by atoms with van der Waals surface area (Å²) in [6.45, 7) is 3.30. The Morgan fingerprint density at radius 1 is 1.53 bits per heavy atom. The Morgan fingerprint density at radius 3 is 2.59 bits per heavy atom. The summed E-state index contributed by atoms with van der Waals surface area (Å²) in [5.74, 6) is 0.601. The van der Waals surface area contributed by atoms with Gasteiger partial charge in [0.1, 0.15) is 6.10 Å². The molecule has 0 radical (unpaired) electrons. The Hall–Kier alpha value is -0.650. The molecule has 1 aliphatic heterocycles. The van der Waals surface area contributed by atoms with Gasteiger partial charge in [0.05, 0.1) is 0 Å². The van der Waals surface area contributed by atoms with Gasteiger partial charge in [-0.25, -0.2) is 0 Å². The summed E-state index contributed by atoms with van der Waals surface area (Å²) < 4.78 is 5.06. The van der Waals surface area contributed by atoms with Crippen molar-refractivity contribution in [3.63, 3.8) is 0 Å². The Morgan fingerprint density at radius 2 is 2.12 bits per heavy atom. The number of carbonyl (C=O) groups is 1. The van der Waals surface area contributed by atoms with E-state index in [0.29, 0.717) is 5.92 Å². The highest BCUT2D eigenvalue weighted by molar-refractivity contribution is 5.80. The molecule has 1 amide bonds. The minimum atomic E-state index is -0.494. The number of carbonyl (C=O) groups excluding carboxylic acids is 1. The zero-order chi connectivity index (χ0) is 12.8. The summed E-state index contributed by atoms with van der Waals surface area (Å²) in [6, 6.07) is 0. The van der Waals surface area contributed by atoms with Crippen molar-refractivity contribution in [1.29, 1.82) is 0 Å². The van der Waals surface area contributed by atoms with Gasteiger partial charge in [-0.3, -0.25) is 4.79 Å². The van der Waals surface area contributed by atoms with Gasteiger partial charge in [-0.2, -0.15) is 0 Å². The van der Waals surface area contributed by atoms with Crippen molar-refractivity contribution >= 4 is 5.91 Å². The van der Waals surface area contributed by atoms with Crippen LogP contribution in [0, 0.1) is 5.92 Å². The van der Waals surface area contributed by atoms with Gasteiger partial charge in [-0.1, -0.05) is 0 Å². The lowest BCUT2D eigenvalue weighted by Gasteiger charge is -2.32. The second-order valence-electron chi connectivity index (χ2n) is 4.93. The predicted octanol–water partition coefficient (Wildman–Crippen LogP) is -0.240. The van der Waals surface area contributed by atoms with E-state index in [1.54, 1.807) is 4.90 Å². The minimum absolute atomic E-state index is 0.00562. The normalized spacial score (nSPS) is 20.2. The largest absolute Gasteiger partial charge is 0.370 e. The molecule has 1 heterocycles. The molecule has 17 heavy (non-hydrogen) atoms. The van der Waals surface area contributed by atoms with Gasteiger partial charge in [0.15, 0.2) is 0 Å². The van der Waals surface area contributed by atoms with Gasteiger partial charge >= 0.3 is 0 Å². The van der Waals surface area contributed by atoms with Crippen LogP contribution in [0.2, 0.25) is 0 Å². The van der Waals surface area contributed by atoms with E-state index in [-0.39, 0.29) is 12.5 Å². The molecule has 100 valence electrons. The molecular formula is C12H25N3O2. The average Bonchev–Trinajstić information content (AvgIpc) is 2.33. The Bertz CT molecular complexity index is 236. The molecule has 0 aromatic rings. The van der Waals surface area contributed by atoms with Gasteiger partial charge in [0, 0.05) is 27.2 Å². The van der Waals surface area contributed by atoms with Gasteiger partial charge in [0.25, 0.3) is 5.91 Å². The monoisotopic (exact) mass is 243 g/mol. The number of likely N-dealkylation sites (tertiary alicyclic amines) is 1. The smallest absolute Gasteiger partial charge is 0.252 e. The van der Waals surface area contributed by atoms with Crippen molar-refractivity contribution in [2.45, 2.75) is 18.9 Å². The second kappa shape index (κ2) is 6.93. The number of nitrogens with two attached hydrogens (primary N) is 1. The van der Waals surface area contributed by atoms with Crippen LogP contribution in [0.5, 0.6) is 0 Å². The Kier molecular flexibility index (Phi) is 5.88. The van der Waals surface area contributed by atoms with Gasteiger partial charge in [0.2, 0.25) is 0 Å². The second-order valence-corrected chi connectivity index (χ2v) is 4.93. The zero-order valence-electron chi connectivity index (χ0n) is 11.2. The number of hydrogen-bond acceptors (Lipinski definition) is 4. The number of rotatable bonds is 5. The van der Waals surface area contributed by atoms with Crippen molar-refractivity contribution in [2.24, 2.45) is 11.7 Å². The number of nitrogens with zero attached hydrogens (tertiary/aromatic N) is 2. The van der Waals surface area contributed by atoms with Crippen LogP contribution in [0.1, 0.15) is 12.8 Å². The summed E-state index contributed by atoms with van der Waals surface area (Å²) in [5.41, 5.74) is 5.49. The van der Waals surface area contributed by atoms with E-state index in [2.05, 4.69) is 11.9 Å². The summed E-state index contributed by atoms with van der Waals surface area (Å²) in [7, 11) is 5.50. The third-order valence-electron chi connectivity index (χ3n) is 3.52. The fraction of sp³-hybridized carbons (Fsp3) is 0.917. The topological polar surface area (TPSA) is 58.8 Å². The summed E-state index contributed by atoms with van der Waals surface area (Å²) in [6.07, 6.45) is 1.83. The first-order valence-electron chi connectivity index (χ1n) is 6.24. The maximum Gasteiger partial charge on any atom is 0.252 e. The highest BCUT2D eigenvalue weighted by atomic mass is 16.5. The Balaban J connectivity index is 2.37. The molecular weight excluding hydrogens is 218 g/mol. The van der Waals surface area contributed by atoms with E-state index >= 15 is 0 Å². The van der Waals surface area contributed by atoms with E-state index in [1.807, 2.05) is 7.05 Å². The van der Waals surface area contributed by atoms with Gasteiger partial charge < -0.3 is 20.3 Å². The first-order chi connectivity index (χ1) is 8.08. The lowest BCUT2D eigenvalue weighted by atomic mass is 9.96. The maximum absolute atomic E-state index is 12.0. The number of methoxy groups -OCH3 is 1. The molecule has 0 aromatic heterocycles. The molecule has 1 fully saturated rings. The van der Waals surface area contributed by atoms with Crippen LogP contribution < -0.4 is 5.73 Å². The summed E-state index contributed by atoms with van der Waals surface area (Å²) in [5, 5.41) is 0. The molecule has 1 aliphatic rings. The van der Waals surface area contributed by atoms with E-state index < -0.39 is 6.10 Å². The number of amides is 1. The lowest BCUT2D eigenvalue weighted by molar-refractivity contribution is -0.140. The van der Waals surface area contributed by atoms with E-state index in [1.165, 1.54) is 7.11 Å². The van der Waals surface area contributed by atoms with Crippen LogP contribution >= 0.6 is 0 Å². The average molecular weight is 243 g/mol. The zero-order valence-corrected chi connectivity index (χ0v) is 11.2. The van der Waals surface area contributed by atoms with Crippen molar-refractivity contribution < 1.29 is 9.53 Å². The molecule has 2 N–H and O–H groups in total. The minimum Gasteiger partial charge on any atom is -0.370 e. The standard InChI is InChI=1S/C12H25N3O2/c1-14-6-4-10(5-7-14)9-15(2)12(16)11(8-13)17-3/h10-11H,4-9,13H2,1-3H3. The summed E-state index contributed by atoms with van der Waals surface area (Å²) >= 11 is 0. The Labute approximate surface area is 104 Å². The lowest BCUT2D eigenvalue weighted by Crippen LogP contribution is -2.44. The van der Waals surface area contributed by atoms with Crippen molar-refractivity contribution in [3.05, 3.63) is 0 Å². The highest BCUT2D eigenvalue weighted by Gasteiger charge is 2.24. The molecule has 1 rings (SSSR count). The molecule has 5 heteroatoms. The third kappa shape index (κ3) is 4.26. The number of hydrogen-bond donors (Lipinski definition) is 1. The molecule has 0 saturated carbocycles. The molecule has 0 aliphatic carbocycles. The first kappa shape index (κ1) is 14.4. The maximum atomic E-state index is 12.0. The quantitative estimate of drug-likeness (QED) is 0.724. The molecule has 1 saturated heterocycles. The summed E-state index contributed by atoms with van der Waals surface area (Å²) in [4.78, 5) is 16.0. The van der Waals surface area contributed by atoms with Crippen LogP contribution in [-0.2, 0) is 9.53 Å². The van der Waals surface area contributed by atoms with Gasteiger partial charge in [-0.15, -0.1) is 0 Å². The predicted molar refractivity (Wildman–Crippen MR) is 67.7 cm³/mol. The fourth-order valence-electron chi connectivity index (χ4n) is 2.27. The first-order valence-corrected chi connectivity index (χ1v) is 6.24. The molecule has 0 aromatic carbocycles. The van der Waals surface area contributed by atoms with E-state index in [0.717, 1.165) is 32.5 Å². The molecule has 1 atom stereocenters. The van der Waals surface area contributed by atoms with Crippen LogP contribution in [0.15, 0.2) is 0 Å². The van der Waals surface area contributed by atoms with Crippen molar-refractivity contribution in [3.8, 4) is 0 Å². The SMILES string of the molecule is COC(CN)C(=O)N(C)CC1CCN(C)CC1. The number of piperidine rings is 1. The molecule has 5 nitrogen and oxygen atoms in total. The third-order valence-corrected chi connectivity index (χ3v) is 3.52. The van der Waals surface area contributed by atoms with Crippen molar-refractivity contribution in [2.75, 3.05) is 47.4 Å². The fourth-order valence-corrected chi connectivity index (χ4v) is 2.27. The van der Waals surface area contributed by atoms with Crippen LogP contribution in [0.25, 0.3) is 0 Å². The highest BCUT2D eigenvalue weighted by Crippen LogP contribution is 2.17. The van der Waals surface area contributed by atoms with Gasteiger partial charge in [-0.05, 0) is 38.9 Å². The van der Waals surface area contributed by atoms with Crippen LogP contribution in [0.4, 0.5) is 0 Å². The molecule has 1 unspecified atom stereocenters. The van der Waals surface area contributed by atoms with Crippen LogP contribution in [0.3, 0.4) is 0 Å². The molecule has 0 spiro atoms. The molecule has 0 bridgehead atoms. The number of ether oxygens (including phenoxy) is 1. The van der Waals surface area contributed by atoms with E-state index in [9.17, 15) is 4.79 Å². The number of likely N-dealkylation sites (N-methyl/N-ethyl adjacent to an activating group) is 1. The van der Waals surface area contributed by atoms with Crippen molar-refractivity contribution in [1.82, 2.24) is 9.80 Å². The van der Waals surface area contributed by atoms with E-state index in [4.69, 9.17) is 10.5 Å². The van der Waals surface area contributed by atoms with Crippen LogP contribution in [-0.4, -0.2) is 69.2 Å².